The van der Waals surface area contributed by atoms with Gasteiger partial charge in [0, 0.05) is 6.42 Å². The number of hydrogen-bond donors (Lipinski definition) is 1. The van der Waals surface area contributed by atoms with Crippen LogP contribution in [0.25, 0.3) is 0 Å². The molecule has 4 rings (SSSR count). The molecule has 0 saturated heterocycles. The molecule has 0 bridgehead atoms. The molecular formula is C19H28O2. The number of rotatable bonds is 0. The largest absolute Gasteiger partial charge is 0.390 e. The second-order valence-corrected chi connectivity index (χ2v) is 8.91. The van der Waals surface area contributed by atoms with Gasteiger partial charge in [0.2, 0.25) is 0 Å². The summed E-state index contributed by atoms with van der Waals surface area (Å²) >= 11 is 0. The molecule has 0 heterocycles. The summed E-state index contributed by atoms with van der Waals surface area (Å²) in [5.74, 6) is 2.38. The van der Waals surface area contributed by atoms with Gasteiger partial charge in [-0.05, 0) is 80.1 Å². The molecule has 0 aromatic rings. The lowest BCUT2D eigenvalue weighted by Gasteiger charge is -2.57. The van der Waals surface area contributed by atoms with E-state index in [2.05, 4.69) is 20.8 Å². The van der Waals surface area contributed by atoms with Gasteiger partial charge < -0.3 is 5.11 Å². The lowest BCUT2D eigenvalue weighted by molar-refractivity contribution is -0.124. The summed E-state index contributed by atoms with van der Waals surface area (Å²) in [5.41, 5.74) is 1.16. The average molecular weight is 288 g/mol. The van der Waals surface area contributed by atoms with E-state index in [4.69, 9.17) is 0 Å². The molecule has 4 aliphatic carbocycles. The SMILES string of the molecule is CC12CC(=O)C=C1CCC1C2CCC2(C)C1CCC2(C)O. The topological polar surface area (TPSA) is 37.3 Å². The predicted octanol–water partition coefficient (Wildman–Crippen LogP) is 3.88. The monoisotopic (exact) mass is 288 g/mol. The van der Waals surface area contributed by atoms with E-state index in [1.165, 1.54) is 24.8 Å². The summed E-state index contributed by atoms with van der Waals surface area (Å²) in [6.07, 6.45) is 9.48. The first-order valence-electron chi connectivity index (χ1n) is 8.74. The first kappa shape index (κ1) is 14.0. The van der Waals surface area contributed by atoms with Crippen molar-refractivity contribution in [2.75, 3.05) is 0 Å². The molecule has 2 nitrogen and oxygen atoms in total. The molecule has 1 N–H and O–H groups in total. The molecule has 21 heavy (non-hydrogen) atoms. The van der Waals surface area contributed by atoms with Gasteiger partial charge in [0.05, 0.1) is 5.60 Å². The van der Waals surface area contributed by atoms with E-state index >= 15 is 0 Å². The van der Waals surface area contributed by atoms with E-state index in [-0.39, 0.29) is 10.8 Å². The zero-order chi connectivity index (χ0) is 15.0. The Labute approximate surface area is 128 Å². The highest BCUT2D eigenvalue weighted by atomic mass is 16.3. The fraction of sp³-hybridized carbons (Fsp3) is 0.842. The standard InChI is InChI=1S/C19H28O2/c1-17-11-13(20)10-12(17)4-5-14-15(17)6-8-18(2)16(14)7-9-19(18,3)21/h10,14-16,21H,4-9,11H2,1-3H3. The summed E-state index contributed by atoms with van der Waals surface area (Å²) in [6.45, 7) is 6.73. The van der Waals surface area contributed by atoms with Crippen LogP contribution in [0, 0.1) is 28.6 Å². The summed E-state index contributed by atoms with van der Waals surface area (Å²) in [5, 5.41) is 10.9. The second-order valence-electron chi connectivity index (χ2n) is 8.91. The van der Waals surface area contributed by atoms with Crippen molar-refractivity contribution in [3.05, 3.63) is 11.6 Å². The van der Waals surface area contributed by atoms with Gasteiger partial charge in [0.15, 0.2) is 5.78 Å². The van der Waals surface area contributed by atoms with Crippen LogP contribution >= 0.6 is 0 Å². The number of carbonyl (C=O) groups excluding carboxylic acids is 1. The van der Waals surface area contributed by atoms with Crippen molar-refractivity contribution < 1.29 is 9.90 Å². The third-order valence-electron chi connectivity index (χ3n) is 8.17. The quantitative estimate of drug-likeness (QED) is 0.734. The van der Waals surface area contributed by atoms with Crippen molar-refractivity contribution in [2.45, 2.75) is 71.3 Å². The Morgan fingerprint density at radius 3 is 2.57 bits per heavy atom. The van der Waals surface area contributed by atoms with Gasteiger partial charge in [-0.2, -0.15) is 0 Å². The van der Waals surface area contributed by atoms with E-state index in [1.807, 2.05) is 6.08 Å². The Kier molecular flexibility index (Phi) is 2.67. The lowest BCUT2D eigenvalue weighted by atomic mass is 9.48. The minimum atomic E-state index is -0.495. The van der Waals surface area contributed by atoms with Gasteiger partial charge in [0.25, 0.3) is 0 Å². The fourth-order valence-electron chi connectivity index (χ4n) is 6.66. The highest BCUT2D eigenvalue weighted by molar-refractivity contribution is 5.94. The summed E-state index contributed by atoms with van der Waals surface area (Å²) in [7, 11) is 0. The van der Waals surface area contributed by atoms with Crippen LogP contribution in [0.15, 0.2) is 11.6 Å². The molecule has 6 atom stereocenters. The van der Waals surface area contributed by atoms with Gasteiger partial charge in [-0.15, -0.1) is 0 Å². The molecule has 0 aromatic heterocycles. The minimum Gasteiger partial charge on any atom is -0.390 e. The van der Waals surface area contributed by atoms with Crippen LogP contribution in [0.1, 0.15) is 65.7 Å². The molecule has 3 fully saturated rings. The molecule has 6 unspecified atom stereocenters. The number of hydrogen-bond acceptors (Lipinski definition) is 2. The molecule has 0 radical (unpaired) electrons. The Balaban J connectivity index is 1.70. The maximum atomic E-state index is 12.0. The molecule has 2 heteroatoms. The zero-order valence-electron chi connectivity index (χ0n) is 13.6. The molecule has 0 amide bonds. The lowest BCUT2D eigenvalue weighted by Crippen LogP contribution is -2.53. The maximum absolute atomic E-state index is 12.0. The number of carbonyl (C=O) groups is 1. The minimum absolute atomic E-state index is 0.0916. The molecule has 0 spiro atoms. The van der Waals surface area contributed by atoms with Gasteiger partial charge >= 0.3 is 0 Å². The van der Waals surface area contributed by atoms with E-state index in [1.54, 1.807) is 0 Å². The van der Waals surface area contributed by atoms with Crippen molar-refractivity contribution in [3.8, 4) is 0 Å². The van der Waals surface area contributed by atoms with Crippen LogP contribution in [0.3, 0.4) is 0 Å². The number of fused-ring (bicyclic) bond motifs is 5. The highest BCUT2D eigenvalue weighted by Crippen LogP contribution is 2.67. The zero-order valence-corrected chi connectivity index (χ0v) is 13.6. The van der Waals surface area contributed by atoms with Crippen LogP contribution in [0.4, 0.5) is 0 Å². The average Bonchev–Trinajstić information content (AvgIpc) is 2.83. The molecule has 0 aliphatic heterocycles. The Bertz CT molecular complexity index is 532. The van der Waals surface area contributed by atoms with E-state index in [0.29, 0.717) is 23.5 Å². The van der Waals surface area contributed by atoms with Gasteiger partial charge in [-0.25, -0.2) is 0 Å². The van der Waals surface area contributed by atoms with Crippen LogP contribution in [0.5, 0.6) is 0 Å². The van der Waals surface area contributed by atoms with Crippen molar-refractivity contribution in [3.63, 3.8) is 0 Å². The molecule has 116 valence electrons. The van der Waals surface area contributed by atoms with Crippen LogP contribution < -0.4 is 0 Å². The third kappa shape index (κ3) is 1.60. The first-order chi connectivity index (χ1) is 9.78. The van der Waals surface area contributed by atoms with E-state index in [0.717, 1.165) is 25.7 Å². The van der Waals surface area contributed by atoms with Crippen LogP contribution in [0.2, 0.25) is 0 Å². The Morgan fingerprint density at radius 2 is 1.81 bits per heavy atom. The number of allylic oxidation sites excluding steroid dienone is 2. The molecule has 0 aromatic carbocycles. The van der Waals surface area contributed by atoms with E-state index in [9.17, 15) is 9.90 Å². The van der Waals surface area contributed by atoms with Gasteiger partial charge in [0.1, 0.15) is 0 Å². The molecule has 3 saturated carbocycles. The van der Waals surface area contributed by atoms with Crippen molar-refractivity contribution in [1.82, 2.24) is 0 Å². The highest BCUT2D eigenvalue weighted by Gasteiger charge is 2.62. The number of ketones is 1. The molecular weight excluding hydrogens is 260 g/mol. The van der Waals surface area contributed by atoms with Crippen LogP contribution in [-0.2, 0) is 4.79 Å². The van der Waals surface area contributed by atoms with Crippen molar-refractivity contribution >= 4 is 5.78 Å². The fourth-order valence-corrected chi connectivity index (χ4v) is 6.66. The van der Waals surface area contributed by atoms with Gasteiger partial charge in [-0.3, -0.25) is 4.79 Å². The van der Waals surface area contributed by atoms with Crippen molar-refractivity contribution in [2.24, 2.45) is 28.6 Å². The molecule has 4 aliphatic rings. The predicted molar refractivity (Wildman–Crippen MR) is 82.7 cm³/mol. The van der Waals surface area contributed by atoms with Crippen LogP contribution in [-0.4, -0.2) is 16.5 Å². The first-order valence-corrected chi connectivity index (χ1v) is 8.74. The maximum Gasteiger partial charge on any atom is 0.156 e. The number of aliphatic hydroxyl groups is 1. The Hall–Kier alpha value is -0.630. The smallest absolute Gasteiger partial charge is 0.156 e. The summed E-state index contributed by atoms with van der Waals surface area (Å²) < 4.78 is 0. The Morgan fingerprint density at radius 1 is 1.10 bits per heavy atom. The van der Waals surface area contributed by atoms with E-state index < -0.39 is 5.60 Å². The van der Waals surface area contributed by atoms with Crippen molar-refractivity contribution in [1.29, 1.82) is 0 Å². The second kappa shape index (κ2) is 4.01. The third-order valence-corrected chi connectivity index (χ3v) is 8.17. The summed E-state index contributed by atoms with van der Waals surface area (Å²) in [4.78, 5) is 12.0. The van der Waals surface area contributed by atoms with Gasteiger partial charge in [-0.1, -0.05) is 19.4 Å². The normalized spacial score (nSPS) is 55.7. The summed E-state index contributed by atoms with van der Waals surface area (Å²) in [6, 6.07) is 0.